The molecule has 11 heavy (non-hydrogen) atoms. The van der Waals surface area contributed by atoms with Gasteiger partial charge in [0.05, 0.1) is 6.04 Å². The predicted molar refractivity (Wildman–Crippen MR) is 46.0 cm³/mol. The number of hydrogen-bond donors (Lipinski definition) is 1. The Bertz CT molecular complexity index is 192. The van der Waals surface area contributed by atoms with Crippen LogP contribution in [-0.2, 0) is 0 Å². The molecule has 1 heterocycles. The van der Waals surface area contributed by atoms with Gasteiger partial charge < -0.3 is 5.32 Å². The van der Waals surface area contributed by atoms with Crippen LogP contribution in [0.3, 0.4) is 0 Å². The largest absolute Gasteiger partial charge is 0.301 e. The highest BCUT2D eigenvalue weighted by Crippen LogP contribution is 2.42. The molecular formula is C10H15N. The highest BCUT2D eigenvalue weighted by atomic mass is 15.0. The van der Waals surface area contributed by atoms with Crippen molar-refractivity contribution in [2.24, 2.45) is 11.8 Å². The molecule has 1 heteroatoms. The third kappa shape index (κ3) is 1.06. The van der Waals surface area contributed by atoms with E-state index in [9.17, 15) is 0 Å². The predicted octanol–water partition coefficient (Wildman–Crippen LogP) is 1.40. The minimum Gasteiger partial charge on any atom is -0.301 e. The van der Waals surface area contributed by atoms with Gasteiger partial charge in [0.25, 0.3) is 0 Å². The molecule has 0 bridgehead atoms. The molecule has 4 atom stereocenters. The summed E-state index contributed by atoms with van der Waals surface area (Å²) in [6.07, 6.45) is 9.53. The fourth-order valence-corrected chi connectivity index (χ4v) is 2.45. The highest BCUT2D eigenvalue weighted by molar-refractivity contribution is 5.10. The van der Waals surface area contributed by atoms with Crippen LogP contribution in [0.5, 0.6) is 0 Å². The van der Waals surface area contributed by atoms with E-state index in [2.05, 4.69) is 18.2 Å². The molecule has 2 fully saturated rings. The van der Waals surface area contributed by atoms with Crippen LogP contribution in [0.2, 0.25) is 0 Å². The first kappa shape index (κ1) is 7.18. The molecule has 0 aromatic heterocycles. The monoisotopic (exact) mass is 149 g/mol. The van der Waals surface area contributed by atoms with Crippen molar-refractivity contribution in [3.8, 4) is 12.3 Å². The minimum absolute atomic E-state index is 0.373. The molecule has 0 radical (unpaired) electrons. The summed E-state index contributed by atoms with van der Waals surface area (Å²) in [5.74, 6) is 4.59. The van der Waals surface area contributed by atoms with Crippen molar-refractivity contribution in [1.82, 2.24) is 5.32 Å². The van der Waals surface area contributed by atoms with Gasteiger partial charge in [-0.05, 0) is 38.0 Å². The second kappa shape index (κ2) is 2.53. The third-order valence-corrected chi connectivity index (χ3v) is 3.20. The van der Waals surface area contributed by atoms with E-state index in [0.717, 1.165) is 11.8 Å². The van der Waals surface area contributed by atoms with Crippen LogP contribution in [0.1, 0.15) is 26.2 Å². The number of fused-ring (bicyclic) bond motifs is 1. The first-order valence-electron chi connectivity index (χ1n) is 4.53. The van der Waals surface area contributed by atoms with Gasteiger partial charge >= 0.3 is 0 Å². The van der Waals surface area contributed by atoms with Crippen molar-refractivity contribution in [3.63, 3.8) is 0 Å². The average Bonchev–Trinajstić information content (AvgIpc) is 1.95. The first-order chi connectivity index (χ1) is 5.31. The minimum atomic E-state index is 0.373. The van der Waals surface area contributed by atoms with Crippen LogP contribution in [0.4, 0.5) is 0 Å². The zero-order valence-corrected chi connectivity index (χ0v) is 7.01. The van der Waals surface area contributed by atoms with E-state index in [4.69, 9.17) is 6.42 Å². The Balaban J connectivity index is 2.05. The number of rotatable bonds is 0. The van der Waals surface area contributed by atoms with Crippen LogP contribution in [0.25, 0.3) is 0 Å². The summed E-state index contributed by atoms with van der Waals surface area (Å²) in [4.78, 5) is 0. The number of terminal acetylenes is 1. The van der Waals surface area contributed by atoms with Gasteiger partial charge in [0, 0.05) is 6.04 Å². The topological polar surface area (TPSA) is 12.0 Å². The zero-order chi connectivity index (χ0) is 7.84. The molecule has 0 aromatic rings. The summed E-state index contributed by atoms with van der Waals surface area (Å²) in [6, 6.07) is 1.01. The normalized spacial score (nSPS) is 48.7. The molecule has 2 aliphatic rings. The summed E-state index contributed by atoms with van der Waals surface area (Å²) in [6.45, 7) is 2.24. The fourth-order valence-electron chi connectivity index (χ4n) is 2.45. The van der Waals surface area contributed by atoms with Gasteiger partial charge in [-0.25, -0.2) is 0 Å². The van der Waals surface area contributed by atoms with Crippen molar-refractivity contribution in [1.29, 1.82) is 0 Å². The number of hydrogen-bond acceptors (Lipinski definition) is 1. The van der Waals surface area contributed by atoms with Gasteiger partial charge in [-0.3, -0.25) is 0 Å². The quantitative estimate of drug-likeness (QED) is 0.513. The fraction of sp³-hybridized carbons (Fsp3) is 0.800. The molecule has 0 spiro atoms. The van der Waals surface area contributed by atoms with Gasteiger partial charge in [0.15, 0.2) is 0 Å². The number of nitrogens with one attached hydrogen (secondary N) is 1. The maximum absolute atomic E-state index is 5.44. The maximum Gasteiger partial charge on any atom is 0.0720 e. The Kier molecular flexibility index (Phi) is 1.65. The van der Waals surface area contributed by atoms with Gasteiger partial charge in [0.2, 0.25) is 0 Å². The standard InChI is InChI=1S/C10H15N/c1-3-10-9-5-4-8(9)6-7(2)11-10/h1,7-11H,4-6H2,2H3/t7-,8-,9?,10?/m0/s1. The smallest absolute Gasteiger partial charge is 0.0720 e. The maximum atomic E-state index is 5.44. The van der Waals surface area contributed by atoms with Crippen molar-refractivity contribution >= 4 is 0 Å². The lowest BCUT2D eigenvalue weighted by molar-refractivity contribution is 0.0823. The van der Waals surface area contributed by atoms with E-state index in [-0.39, 0.29) is 0 Å². The highest BCUT2D eigenvalue weighted by Gasteiger charge is 2.40. The third-order valence-electron chi connectivity index (χ3n) is 3.20. The van der Waals surface area contributed by atoms with E-state index >= 15 is 0 Å². The molecule has 0 amide bonds. The second-order valence-electron chi connectivity index (χ2n) is 3.95. The molecule has 1 saturated carbocycles. The van der Waals surface area contributed by atoms with Crippen molar-refractivity contribution in [2.75, 3.05) is 0 Å². The number of piperidine rings is 1. The SMILES string of the molecule is C#CC1N[C@@H](C)C[C@@H]2CCC12. The molecule has 1 aliphatic carbocycles. The van der Waals surface area contributed by atoms with Crippen LogP contribution in [0.15, 0.2) is 0 Å². The summed E-state index contributed by atoms with van der Waals surface area (Å²) < 4.78 is 0. The van der Waals surface area contributed by atoms with E-state index in [1.807, 2.05) is 0 Å². The molecule has 1 nitrogen and oxygen atoms in total. The Morgan fingerprint density at radius 2 is 2.27 bits per heavy atom. The van der Waals surface area contributed by atoms with Crippen LogP contribution in [0, 0.1) is 24.2 Å². The average molecular weight is 149 g/mol. The molecular weight excluding hydrogens is 134 g/mol. The molecule has 2 rings (SSSR count). The van der Waals surface area contributed by atoms with E-state index in [1.54, 1.807) is 0 Å². The van der Waals surface area contributed by atoms with Crippen molar-refractivity contribution in [3.05, 3.63) is 0 Å². The van der Waals surface area contributed by atoms with Crippen molar-refractivity contribution in [2.45, 2.75) is 38.3 Å². The lowest BCUT2D eigenvalue weighted by atomic mass is 9.65. The Morgan fingerprint density at radius 1 is 1.45 bits per heavy atom. The lowest BCUT2D eigenvalue weighted by Gasteiger charge is -2.47. The Labute approximate surface area is 68.6 Å². The Hall–Kier alpha value is -0.480. The Morgan fingerprint density at radius 3 is 2.82 bits per heavy atom. The van der Waals surface area contributed by atoms with Gasteiger partial charge in [0.1, 0.15) is 0 Å². The molecule has 1 aliphatic heterocycles. The van der Waals surface area contributed by atoms with Crippen LogP contribution >= 0.6 is 0 Å². The molecule has 2 unspecified atom stereocenters. The molecule has 1 saturated heterocycles. The summed E-state index contributed by atoms with van der Waals surface area (Å²) in [5, 5.41) is 3.46. The van der Waals surface area contributed by atoms with Crippen LogP contribution < -0.4 is 5.32 Å². The van der Waals surface area contributed by atoms with E-state index in [0.29, 0.717) is 12.1 Å². The van der Waals surface area contributed by atoms with Crippen molar-refractivity contribution < 1.29 is 0 Å². The second-order valence-corrected chi connectivity index (χ2v) is 3.95. The summed E-state index contributed by atoms with van der Waals surface area (Å²) in [5.41, 5.74) is 0. The lowest BCUT2D eigenvalue weighted by Crippen LogP contribution is -2.53. The molecule has 1 N–H and O–H groups in total. The molecule has 0 aromatic carbocycles. The molecule has 60 valence electrons. The first-order valence-corrected chi connectivity index (χ1v) is 4.53. The van der Waals surface area contributed by atoms with E-state index < -0.39 is 0 Å². The van der Waals surface area contributed by atoms with Gasteiger partial charge in [-0.1, -0.05) is 5.92 Å². The summed E-state index contributed by atoms with van der Waals surface area (Å²) >= 11 is 0. The van der Waals surface area contributed by atoms with Crippen LogP contribution in [-0.4, -0.2) is 12.1 Å². The van der Waals surface area contributed by atoms with Gasteiger partial charge in [-0.2, -0.15) is 0 Å². The van der Waals surface area contributed by atoms with E-state index in [1.165, 1.54) is 19.3 Å². The van der Waals surface area contributed by atoms with Gasteiger partial charge in [-0.15, -0.1) is 6.42 Å². The summed E-state index contributed by atoms with van der Waals surface area (Å²) in [7, 11) is 0. The zero-order valence-electron chi connectivity index (χ0n) is 7.01.